The van der Waals surface area contributed by atoms with Crippen molar-refractivity contribution in [2.45, 2.75) is 33.6 Å². The lowest BCUT2D eigenvalue weighted by Gasteiger charge is -2.32. The molecule has 0 N–H and O–H groups in total. The Bertz CT molecular complexity index is 1260. The van der Waals surface area contributed by atoms with Gasteiger partial charge in [0.25, 0.3) is 11.8 Å². The Morgan fingerprint density at radius 1 is 0.844 bits per heavy atom. The lowest BCUT2D eigenvalue weighted by Crippen LogP contribution is -2.38. The molecule has 0 bridgehead atoms. The van der Waals surface area contributed by atoms with Gasteiger partial charge in [-0.25, -0.2) is 4.90 Å². The number of likely N-dealkylation sites (tertiary alicyclic amines) is 1. The second-order valence-electron chi connectivity index (χ2n) is 9.16. The molecule has 2 aliphatic heterocycles. The predicted octanol–water partition coefficient (Wildman–Crippen LogP) is 5.47. The minimum Gasteiger partial charge on any atom is -0.366 e. The van der Waals surface area contributed by atoms with Crippen LogP contribution in [0.2, 0.25) is 0 Å². The summed E-state index contributed by atoms with van der Waals surface area (Å²) in [6.45, 7) is 7.91. The molecule has 3 aromatic carbocycles. The van der Waals surface area contributed by atoms with Gasteiger partial charge in [0.1, 0.15) is 5.70 Å². The number of carbonyl (C=O) groups is 2. The molecule has 0 saturated carbocycles. The van der Waals surface area contributed by atoms with Crippen LogP contribution in [0.1, 0.15) is 36.5 Å². The highest BCUT2D eigenvalue weighted by molar-refractivity contribution is 6.46. The van der Waals surface area contributed by atoms with Gasteiger partial charge in [0.05, 0.1) is 11.3 Å². The molecule has 0 aromatic heterocycles. The Labute approximate surface area is 189 Å². The van der Waals surface area contributed by atoms with E-state index in [1.165, 1.54) is 4.90 Å². The van der Waals surface area contributed by atoms with E-state index < -0.39 is 0 Å². The number of benzene rings is 3. The van der Waals surface area contributed by atoms with Crippen molar-refractivity contribution in [3.63, 3.8) is 0 Å². The summed E-state index contributed by atoms with van der Waals surface area (Å²) >= 11 is 0. The Balaban J connectivity index is 1.68. The number of hydrogen-bond donors (Lipinski definition) is 0. The quantitative estimate of drug-likeness (QED) is 0.523. The molecule has 2 amide bonds. The zero-order chi connectivity index (χ0) is 22.4. The number of imide groups is 1. The average molecular weight is 425 g/mol. The molecule has 32 heavy (non-hydrogen) atoms. The fourth-order valence-electron chi connectivity index (χ4n) is 5.00. The second kappa shape index (κ2) is 7.94. The average Bonchev–Trinajstić information content (AvgIpc) is 3.04. The first-order valence-corrected chi connectivity index (χ1v) is 11.4. The van der Waals surface area contributed by atoms with E-state index in [1.54, 1.807) is 0 Å². The topological polar surface area (TPSA) is 40.6 Å². The molecule has 4 heteroatoms. The van der Waals surface area contributed by atoms with Crippen molar-refractivity contribution >= 4 is 33.8 Å². The minimum atomic E-state index is -0.230. The summed E-state index contributed by atoms with van der Waals surface area (Å²) in [4.78, 5) is 31.4. The van der Waals surface area contributed by atoms with Crippen molar-refractivity contribution in [1.82, 2.24) is 4.90 Å². The van der Waals surface area contributed by atoms with E-state index in [2.05, 4.69) is 17.9 Å². The first-order chi connectivity index (χ1) is 15.5. The standard InChI is InChI=1S/C28H28N2O2/c1-18-13-15-29(16-14-18)26-25(22-12-11-19(2)17-20(22)3)27(31)30(28(26)32)24-10-6-8-21-7-4-5-9-23(21)24/h4-12,17-18H,13-16H2,1-3H3. The van der Waals surface area contributed by atoms with Gasteiger partial charge in [-0.2, -0.15) is 0 Å². The number of hydrogen-bond acceptors (Lipinski definition) is 3. The molecular formula is C28H28N2O2. The lowest BCUT2D eigenvalue weighted by atomic mass is 9.95. The maximum Gasteiger partial charge on any atom is 0.282 e. The maximum absolute atomic E-state index is 13.9. The number of amides is 2. The SMILES string of the molecule is Cc1ccc(C2=C(N3CCC(C)CC3)C(=O)N(c3cccc4ccccc34)C2=O)c(C)c1. The van der Waals surface area contributed by atoms with Gasteiger partial charge in [0.15, 0.2) is 0 Å². The van der Waals surface area contributed by atoms with Crippen LogP contribution in [0.5, 0.6) is 0 Å². The van der Waals surface area contributed by atoms with Gasteiger partial charge < -0.3 is 4.90 Å². The van der Waals surface area contributed by atoms with Gasteiger partial charge in [-0.05, 0) is 55.2 Å². The van der Waals surface area contributed by atoms with Crippen LogP contribution >= 0.6 is 0 Å². The van der Waals surface area contributed by atoms with E-state index in [-0.39, 0.29) is 11.8 Å². The molecule has 3 aromatic rings. The molecule has 5 rings (SSSR count). The maximum atomic E-state index is 13.9. The summed E-state index contributed by atoms with van der Waals surface area (Å²) in [6.07, 6.45) is 2.05. The van der Waals surface area contributed by atoms with Gasteiger partial charge in [0, 0.05) is 18.5 Å². The van der Waals surface area contributed by atoms with Crippen LogP contribution in [-0.2, 0) is 9.59 Å². The molecule has 0 spiro atoms. The van der Waals surface area contributed by atoms with Crippen LogP contribution in [0.3, 0.4) is 0 Å². The van der Waals surface area contributed by atoms with E-state index in [9.17, 15) is 9.59 Å². The number of carbonyl (C=O) groups excluding carboxylic acids is 2. The Morgan fingerprint density at radius 2 is 1.56 bits per heavy atom. The smallest absolute Gasteiger partial charge is 0.282 e. The molecule has 0 unspecified atom stereocenters. The van der Waals surface area contributed by atoms with Gasteiger partial charge in [-0.3, -0.25) is 9.59 Å². The number of aryl methyl sites for hydroxylation is 2. The van der Waals surface area contributed by atoms with Crippen molar-refractivity contribution in [3.05, 3.63) is 83.1 Å². The van der Waals surface area contributed by atoms with Crippen LogP contribution in [0, 0.1) is 19.8 Å². The molecule has 0 aliphatic carbocycles. The van der Waals surface area contributed by atoms with E-state index in [0.717, 1.165) is 53.4 Å². The fourth-order valence-corrected chi connectivity index (χ4v) is 5.00. The fraction of sp³-hybridized carbons (Fsp3) is 0.286. The van der Waals surface area contributed by atoms with Crippen molar-refractivity contribution in [3.8, 4) is 0 Å². The highest BCUT2D eigenvalue weighted by Crippen LogP contribution is 2.39. The van der Waals surface area contributed by atoms with Crippen molar-refractivity contribution in [1.29, 1.82) is 0 Å². The molecule has 0 atom stereocenters. The van der Waals surface area contributed by atoms with E-state index in [4.69, 9.17) is 0 Å². The monoisotopic (exact) mass is 424 g/mol. The Morgan fingerprint density at radius 3 is 2.31 bits per heavy atom. The number of anilines is 1. The van der Waals surface area contributed by atoms with Gasteiger partial charge in [-0.15, -0.1) is 0 Å². The zero-order valence-corrected chi connectivity index (χ0v) is 18.9. The Hall–Kier alpha value is -3.40. The van der Waals surface area contributed by atoms with E-state index >= 15 is 0 Å². The third-order valence-corrected chi connectivity index (χ3v) is 6.82. The Kier molecular flexibility index (Phi) is 5.09. The third kappa shape index (κ3) is 3.31. The van der Waals surface area contributed by atoms with Crippen LogP contribution < -0.4 is 4.90 Å². The normalized spacial score (nSPS) is 17.7. The van der Waals surface area contributed by atoms with Crippen LogP contribution in [0.4, 0.5) is 5.69 Å². The first-order valence-electron chi connectivity index (χ1n) is 11.4. The molecular weight excluding hydrogens is 396 g/mol. The molecule has 162 valence electrons. The lowest BCUT2D eigenvalue weighted by molar-refractivity contribution is -0.120. The summed E-state index contributed by atoms with van der Waals surface area (Å²) in [7, 11) is 0. The zero-order valence-electron chi connectivity index (χ0n) is 18.9. The van der Waals surface area contributed by atoms with Crippen molar-refractivity contribution in [2.24, 2.45) is 5.92 Å². The number of rotatable bonds is 3. The predicted molar refractivity (Wildman–Crippen MR) is 129 cm³/mol. The highest BCUT2D eigenvalue weighted by atomic mass is 16.2. The molecule has 2 heterocycles. The van der Waals surface area contributed by atoms with Crippen molar-refractivity contribution in [2.75, 3.05) is 18.0 Å². The second-order valence-corrected chi connectivity index (χ2v) is 9.16. The molecule has 4 nitrogen and oxygen atoms in total. The van der Waals surface area contributed by atoms with Gasteiger partial charge in [0.2, 0.25) is 0 Å². The van der Waals surface area contributed by atoms with Crippen LogP contribution in [0.25, 0.3) is 16.3 Å². The molecule has 1 saturated heterocycles. The molecule has 1 fully saturated rings. The number of piperidine rings is 1. The summed E-state index contributed by atoms with van der Waals surface area (Å²) < 4.78 is 0. The summed E-state index contributed by atoms with van der Waals surface area (Å²) in [6, 6.07) is 19.8. The molecule has 0 radical (unpaired) electrons. The summed E-state index contributed by atoms with van der Waals surface area (Å²) in [5.74, 6) is 0.195. The van der Waals surface area contributed by atoms with Gasteiger partial charge >= 0.3 is 0 Å². The van der Waals surface area contributed by atoms with Crippen LogP contribution in [-0.4, -0.2) is 29.8 Å². The minimum absolute atomic E-state index is 0.212. The number of nitrogens with zero attached hydrogens (tertiary/aromatic N) is 2. The largest absolute Gasteiger partial charge is 0.366 e. The summed E-state index contributed by atoms with van der Waals surface area (Å²) in [5.41, 5.74) is 4.76. The van der Waals surface area contributed by atoms with E-state index in [0.29, 0.717) is 22.9 Å². The number of fused-ring (bicyclic) bond motifs is 1. The third-order valence-electron chi connectivity index (χ3n) is 6.82. The molecule has 2 aliphatic rings. The highest BCUT2D eigenvalue weighted by Gasteiger charge is 2.43. The summed E-state index contributed by atoms with van der Waals surface area (Å²) in [5, 5.41) is 1.92. The van der Waals surface area contributed by atoms with Crippen molar-refractivity contribution < 1.29 is 9.59 Å². The van der Waals surface area contributed by atoms with Crippen LogP contribution in [0.15, 0.2) is 66.4 Å². The van der Waals surface area contributed by atoms with Gasteiger partial charge in [-0.1, -0.05) is 67.1 Å². The van der Waals surface area contributed by atoms with E-state index in [1.807, 2.05) is 68.4 Å². The first kappa shape index (κ1) is 20.5.